The molecule has 1 aromatic heterocycles. The van der Waals surface area contributed by atoms with Crippen molar-refractivity contribution in [3.05, 3.63) is 24.0 Å². The van der Waals surface area contributed by atoms with Crippen molar-refractivity contribution in [3.8, 4) is 0 Å². The fourth-order valence-electron chi connectivity index (χ4n) is 2.63. The lowest BCUT2D eigenvalue weighted by molar-refractivity contribution is 0.0694. The highest BCUT2D eigenvalue weighted by molar-refractivity contribution is 5.99. The van der Waals surface area contributed by atoms with Crippen molar-refractivity contribution in [3.63, 3.8) is 0 Å². The summed E-state index contributed by atoms with van der Waals surface area (Å²) >= 11 is 0. The monoisotopic (exact) mass is 248 g/mol. The van der Waals surface area contributed by atoms with Crippen LogP contribution in [0.4, 0.5) is 5.69 Å². The van der Waals surface area contributed by atoms with Crippen LogP contribution in [0.2, 0.25) is 0 Å². The minimum absolute atomic E-state index is 0.0414. The lowest BCUT2D eigenvalue weighted by Crippen LogP contribution is -2.39. The molecule has 1 amide bonds. The average molecular weight is 248 g/mol. The zero-order chi connectivity index (χ0) is 13.0. The van der Waals surface area contributed by atoms with E-state index >= 15 is 0 Å². The van der Waals surface area contributed by atoms with E-state index in [9.17, 15) is 4.79 Å². The van der Waals surface area contributed by atoms with E-state index < -0.39 is 0 Å². The number of hydrogen-bond donors (Lipinski definition) is 2. The van der Waals surface area contributed by atoms with Crippen molar-refractivity contribution in [1.29, 1.82) is 0 Å². The number of anilines is 1. The third kappa shape index (κ3) is 2.46. The minimum atomic E-state index is 0.0414. The molecule has 0 spiro atoms. The maximum atomic E-state index is 12.5. The Kier molecular flexibility index (Phi) is 4.15. The first-order chi connectivity index (χ1) is 8.77. The number of amides is 1. The molecule has 2 rings (SSSR count). The van der Waals surface area contributed by atoms with E-state index in [1.807, 2.05) is 11.8 Å². The summed E-state index contributed by atoms with van der Waals surface area (Å²) in [5.41, 5.74) is 3.72. The SMILES string of the molecule is CCN(C(=O)c1ccncc1NN)C1CCCC1. The molecule has 0 atom stereocenters. The topological polar surface area (TPSA) is 71.2 Å². The number of aromatic nitrogens is 1. The Bertz CT molecular complexity index is 415. The number of nitrogens with two attached hydrogens (primary N) is 1. The molecule has 0 unspecified atom stereocenters. The lowest BCUT2D eigenvalue weighted by Gasteiger charge is -2.28. The summed E-state index contributed by atoms with van der Waals surface area (Å²) in [7, 11) is 0. The molecule has 1 aliphatic rings. The first kappa shape index (κ1) is 12.8. The van der Waals surface area contributed by atoms with Gasteiger partial charge in [-0.2, -0.15) is 0 Å². The van der Waals surface area contributed by atoms with Crippen LogP contribution in [0.15, 0.2) is 18.5 Å². The molecule has 0 bridgehead atoms. The summed E-state index contributed by atoms with van der Waals surface area (Å²) in [4.78, 5) is 18.5. The van der Waals surface area contributed by atoms with E-state index in [0.717, 1.165) is 19.4 Å². The van der Waals surface area contributed by atoms with Crippen molar-refractivity contribution in [2.24, 2.45) is 5.84 Å². The average Bonchev–Trinajstić information content (AvgIpc) is 2.93. The summed E-state index contributed by atoms with van der Waals surface area (Å²) in [6, 6.07) is 2.09. The molecule has 1 saturated carbocycles. The Labute approximate surface area is 107 Å². The second-order valence-corrected chi connectivity index (χ2v) is 4.60. The molecule has 5 heteroatoms. The molecule has 18 heavy (non-hydrogen) atoms. The zero-order valence-electron chi connectivity index (χ0n) is 10.7. The molecule has 3 N–H and O–H groups in total. The summed E-state index contributed by atoms with van der Waals surface area (Å²) in [6.45, 7) is 2.75. The van der Waals surface area contributed by atoms with Crippen molar-refractivity contribution in [2.45, 2.75) is 38.6 Å². The van der Waals surface area contributed by atoms with E-state index in [0.29, 0.717) is 17.3 Å². The van der Waals surface area contributed by atoms with Gasteiger partial charge < -0.3 is 10.3 Å². The van der Waals surface area contributed by atoms with E-state index in [-0.39, 0.29) is 5.91 Å². The van der Waals surface area contributed by atoms with Gasteiger partial charge in [0.2, 0.25) is 0 Å². The standard InChI is InChI=1S/C13H20N4O/c1-2-17(10-5-3-4-6-10)13(18)11-7-8-15-9-12(11)16-14/h7-10,16H,2-6,14H2,1H3. The number of hydrogen-bond acceptors (Lipinski definition) is 4. The number of nitrogens with zero attached hydrogens (tertiary/aromatic N) is 2. The quantitative estimate of drug-likeness (QED) is 0.629. The molecular formula is C13H20N4O. The number of hydrazine groups is 1. The summed E-state index contributed by atoms with van der Waals surface area (Å²) < 4.78 is 0. The van der Waals surface area contributed by atoms with E-state index in [1.165, 1.54) is 12.8 Å². The smallest absolute Gasteiger partial charge is 0.256 e. The number of pyridine rings is 1. The normalized spacial score (nSPS) is 15.7. The van der Waals surface area contributed by atoms with E-state index in [1.54, 1.807) is 18.5 Å². The first-order valence-corrected chi connectivity index (χ1v) is 6.49. The highest BCUT2D eigenvalue weighted by atomic mass is 16.2. The van der Waals surface area contributed by atoms with E-state index in [4.69, 9.17) is 5.84 Å². The van der Waals surface area contributed by atoms with Crippen molar-refractivity contribution in [1.82, 2.24) is 9.88 Å². The molecular weight excluding hydrogens is 228 g/mol. The van der Waals surface area contributed by atoms with Gasteiger partial charge in [0.05, 0.1) is 17.4 Å². The molecule has 1 heterocycles. The highest BCUT2D eigenvalue weighted by Crippen LogP contribution is 2.26. The summed E-state index contributed by atoms with van der Waals surface area (Å²) in [5.74, 6) is 5.46. The first-order valence-electron chi connectivity index (χ1n) is 6.49. The highest BCUT2D eigenvalue weighted by Gasteiger charge is 2.27. The van der Waals surface area contributed by atoms with Crippen LogP contribution in [0.1, 0.15) is 43.0 Å². The Morgan fingerprint density at radius 3 is 2.89 bits per heavy atom. The Hall–Kier alpha value is -1.62. The number of nitrogen functional groups attached to an aromatic ring is 1. The van der Waals surface area contributed by atoms with Gasteiger partial charge in [0.1, 0.15) is 0 Å². The van der Waals surface area contributed by atoms with Crippen LogP contribution in [0.5, 0.6) is 0 Å². The van der Waals surface area contributed by atoms with Crippen molar-refractivity contribution in [2.75, 3.05) is 12.0 Å². The largest absolute Gasteiger partial charge is 0.336 e. The number of carbonyl (C=O) groups is 1. The molecule has 0 aliphatic heterocycles. The van der Waals surface area contributed by atoms with Gasteiger partial charge in [0.15, 0.2) is 0 Å². The molecule has 1 aromatic rings. The van der Waals surface area contributed by atoms with Crippen LogP contribution in [0, 0.1) is 0 Å². The molecule has 5 nitrogen and oxygen atoms in total. The second kappa shape index (κ2) is 5.82. The molecule has 1 aliphatic carbocycles. The predicted molar refractivity (Wildman–Crippen MR) is 71.0 cm³/mol. The van der Waals surface area contributed by atoms with Crippen molar-refractivity contribution < 1.29 is 4.79 Å². The maximum Gasteiger partial charge on any atom is 0.256 e. The van der Waals surface area contributed by atoms with Crippen LogP contribution >= 0.6 is 0 Å². The third-order valence-corrected chi connectivity index (χ3v) is 3.57. The maximum absolute atomic E-state index is 12.5. The van der Waals surface area contributed by atoms with Crippen LogP contribution < -0.4 is 11.3 Å². The van der Waals surface area contributed by atoms with Gasteiger partial charge in [-0.1, -0.05) is 12.8 Å². The van der Waals surface area contributed by atoms with Crippen LogP contribution in [0.3, 0.4) is 0 Å². The third-order valence-electron chi connectivity index (χ3n) is 3.57. The van der Waals surface area contributed by atoms with Gasteiger partial charge in [-0.25, -0.2) is 0 Å². The van der Waals surface area contributed by atoms with Crippen LogP contribution in [-0.2, 0) is 0 Å². The van der Waals surface area contributed by atoms with Crippen LogP contribution in [0.25, 0.3) is 0 Å². The van der Waals surface area contributed by atoms with Gasteiger partial charge in [-0.3, -0.25) is 15.6 Å². The molecule has 0 saturated heterocycles. The zero-order valence-corrected chi connectivity index (χ0v) is 10.7. The summed E-state index contributed by atoms with van der Waals surface area (Å²) in [6.07, 6.45) is 7.85. The van der Waals surface area contributed by atoms with Crippen molar-refractivity contribution >= 4 is 11.6 Å². The van der Waals surface area contributed by atoms with Gasteiger partial charge in [0, 0.05) is 18.8 Å². The van der Waals surface area contributed by atoms with E-state index in [2.05, 4.69) is 10.4 Å². The Morgan fingerprint density at radius 2 is 2.28 bits per heavy atom. The molecule has 0 aromatic carbocycles. The molecule has 98 valence electrons. The van der Waals surface area contributed by atoms with Gasteiger partial charge in [0.25, 0.3) is 5.91 Å². The Morgan fingerprint density at radius 1 is 1.56 bits per heavy atom. The fourth-order valence-corrected chi connectivity index (χ4v) is 2.63. The summed E-state index contributed by atoms with van der Waals surface area (Å²) in [5, 5.41) is 0. The predicted octanol–water partition coefficient (Wildman–Crippen LogP) is 1.77. The van der Waals surface area contributed by atoms with Crippen LogP contribution in [-0.4, -0.2) is 28.4 Å². The number of rotatable bonds is 4. The Balaban J connectivity index is 2.22. The molecule has 1 fully saturated rings. The lowest BCUT2D eigenvalue weighted by atomic mass is 10.1. The fraction of sp³-hybridized carbons (Fsp3) is 0.538. The number of carbonyl (C=O) groups excluding carboxylic acids is 1. The molecule has 0 radical (unpaired) electrons. The second-order valence-electron chi connectivity index (χ2n) is 4.60. The van der Waals surface area contributed by atoms with Gasteiger partial charge in [-0.15, -0.1) is 0 Å². The number of nitrogens with one attached hydrogen (secondary N) is 1. The van der Waals surface area contributed by atoms with Gasteiger partial charge in [-0.05, 0) is 25.8 Å². The van der Waals surface area contributed by atoms with Gasteiger partial charge >= 0.3 is 0 Å². The minimum Gasteiger partial charge on any atom is -0.336 e.